The Labute approximate surface area is 170 Å². The van der Waals surface area contributed by atoms with Gasteiger partial charge in [-0.1, -0.05) is 0 Å². The zero-order valence-electron chi connectivity index (χ0n) is 16.0. The van der Waals surface area contributed by atoms with Gasteiger partial charge in [0.25, 0.3) is 5.91 Å². The third kappa shape index (κ3) is 6.27. The highest BCUT2D eigenvalue weighted by Gasteiger charge is 2.42. The lowest BCUT2D eigenvalue weighted by Gasteiger charge is -2.23. The second kappa shape index (κ2) is 9.35. The van der Waals surface area contributed by atoms with Crippen LogP contribution in [0.4, 0.5) is 17.6 Å². The molecule has 2 aromatic carbocycles. The van der Waals surface area contributed by atoms with E-state index >= 15 is 0 Å². The number of hydrogen-bond donors (Lipinski definition) is 1. The lowest BCUT2D eigenvalue weighted by Crippen LogP contribution is -2.49. The monoisotopic (exact) mass is 426 g/mol. The Morgan fingerprint density at radius 3 is 2.10 bits per heavy atom. The summed E-state index contributed by atoms with van der Waals surface area (Å²) >= 11 is 0. The molecule has 2 rings (SSSR count). The van der Waals surface area contributed by atoms with Gasteiger partial charge in [0.1, 0.15) is 23.9 Å². The van der Waals surface area contributed by atoms with Crippen LogP contribution in [0.25, 0.3) is 0 Å². The van der Waals surface area contributed by atoms with Crippen LogP contribution in [0.1, 0.15) is 17.3 Å². The van der Waals surface area contributed by atoms with Crippen molar-refractivity contribution in [3.05, 3.63) is 54.1 Å². The van der Waals surface area contributed by atoms with Crippen LogP contribution in [0.2, 0.25) is 0 Å². The predicted molar refractivity (Wildman–Crippen MR) is 98.0 cm³/mol. The number of carbonyl (C=O) groups excluding carboxylic acids is 1. The Morgan fingerprint density at radius 2 is 1.60 bits per heavy atom. The van der Waals surface area contributed by atoms with Crippen molar-refractivity contribution < 1.29 is 36.6 Å². The second-order valence-corrected chi connectivity index (χ2v) is 6.36. The summed E-state index contributed by atoms with van der Waals surface area (Å²) in [6, 6.07) is 12.9. The Morgan fingerprint density at radius 1 is 1.07 bits per heavy atom. The number of carbonyl (C=O) groups is 1. The molecule has 0 aromatic heterocycles. The van der Waals surface area contributed by atoms with E-state index in [2.05, 4.69) is 10.1 Å². The van der Waals surface area contributed by atoms with Gasteiger partial charge in [-0.25, -0.2) is 0 Å². The van der Waals surface area contributed by atoms with E-state index in [0.717, 1.165) is 24.3 Å². The average Bonchev–Trinajstić information content (AvgIpc) is 2.72. The number of alkyl halides is 4. The smallest absolute Gasteiger partial charge is 0.457 e. The van der Waals surface area contributed by atoms with Crippen molar-refractivity contribution in [1.29, 1.82) is 5.26 Å². The molecule has 2 aromatic rings. The molecule has 0 spiro atoms. The first-order valence-electron chi connectivity index (χ1n) is 8.54. The van der Waals surface area contributed by atoms with Crippen LogP contribution in [-0.4, -0.2) is 37.7 Å². The predicted octanol–water partition coefficient (Wildman–Crippen LogP) is 4.02. The summed E-state index contributed by atoms with van der Waals surface area (Å²) in [7, 11) is 1.52. The molecule has 0 saturated carbocycles. The summed E-state index contributed by atoms with van der Waals surface area (Å²) in [6.07, 6.45) is -8.64. The van der Waals surface area contributed by atoms with Crippen molar-refractivity contribution in [3.8, 4) is 23.3 Å². The topological polar surface area (TPSA) is 80.6 Å². The Bertz CT molecular complexity index is 895. The zero-order chi connectivity index (χ0) is 22.4. The highest BCUT2D eigenvalue weighted by molar-refractivity contribution is 5.95. The van der Waals surface area contributed by atoms with Crippen molar-refractivity contribution in [3.63, 3.8) is 0 Å². The minimum Gasteiger partial charge on any atom is -0.497 e. The molecule has 0 bridgehead atoms. The third-order valence-electron chi connectivity index (χ3n) is 3.84. The Balaban J connectivity index is 1.98. The molecule has 0 aliphatic rings. The van der Waals surface area contributed by atoms with Gasteiger partial charge in [0, 0.05) is 5.56 Å². The molecule has 0 aliphatic carbocycles. The van der Waals surface area contributed by atoms with Crippen LogP contribution in [0.3, 0.4) is 0 Å². The maximum absolute atomic E-state index is 12.9. The van der Waals surface area contributed by atoms with Gasteiger partial charge in [-0.05, 0) is 55.5 Å². The van der Waals surface area contributed by atoms with Gasteiger partial charge in [0.05, 0.1) is 13.2 Å². The van der Waals surface area contributed by atoms with Gasteiger partial charge in [-0.3, -0.25) is 4.79 Å². The summed E-state index contributed by atoms with van der Waals surface area (Å²) < 4.78 is 64.2. The number of halogens is 4. The molecule has 0 fully saturated rings. The quantitative estimate of drug-likeness (QED) is 0.645. The lowest BCUT2D eigenvalue weighted by molar-refractivity contribution is -0.236. The van der Waals surface area contributed by atoms with Crippen LogP contribution >= 0.6 is 0 Å². The first-order chi connectivity index (χ1) is 14.1. The molecular weight excluding hydrogens is 408 g/mol. The SMILES string of the molecule is COc1ccc(OCC(C)(C#N)NC(=O)c2ccc(OC(F)C(F)(F)F)cc2)cc1. The van der Waals surface area contributed by atoms with E-state index in [1.807, 2.05) is 6.07 Å². The van der Waals surface area contributed by atoms with Crippen LogP contribution in [0.5, 0.6) is 17.2 Å². The number of benzene rings is 2. The Kier molecular flexibility index (Phi) is 7.10. The fraction of sp³-hybridized carbons (Fsp3) is 0.300. The summed E-state index contributed by atoms with van der Waals surface area (Å²) in [5.74, 6) is 0.0118. The fourth-order valence-corrected chi connectivity index (χ4v) is 2.19. The minimum absolute atomic E-state index is 0.0377. The van der Waals surface area contributed by atoms with E-state index in [1.54, 1.807) is 24.3 Å². The largest absolute Gasteiger partial charge is 0.497 e. The fourth-order valence-electron chi connectivity index (χ4n) is 2.19. The van der Waals surface area contributed by atoms with Crippen LogP contribution in [-0.2, 0) is 0 Å². The van der Waals surface area contributed by atoms with E-state index in [-0.39, 0.29) is 12.2 Å². The minimum atomic E-state index is -5.16. The first kappa shape index (κ1) is 22.8. The number of nitrogens with zero attached hydrogens (tertiary/aromatic N) is 1. The van der Waals surface area contributed by atoms with E-state index in [1.165, 1.54) is 14.0 Å². The molecule has 2 unspecified atom stereocenters. The van der Waals surface area contributed by atoms with Gasteiger partial charge in [0.2, 0.25) is 0 Å². The summed E-state index contributed by atoms with van der Waals surface area (Å²) in [5, 5.41) is 11.9. The molecule has 0 radical (unpaired) electrons. The normalized spacial score (nSPS) is 14.0. The van der Waals surface area contributed by atoms with Gasteiger partial charge in [-0.15, -0.1) is 0 Å². The molecular formula is C20H18F4N2O4. The summed E-state index contributed by atoms with van der Waals surface area (Å²) in [6.45, 7) is 1.28. The van der Waals surface area contributed by atoms with E-state index in [4.69, 9.17) is 9.47 Å². The molecule has 2 atom stereocenters. The summed E-state index contributed by atoms with van der Waals surface area (Å²) in [5.41, 5.74) is -1.36. The number of hydrogen-bond acceptors (Lipinski definition) is 5. The maximum Gasteiger partial charge on any atom is 0.457 e. The number of ether oxygens (including phenoxy) is 3. The van der Waals surface area contributed by atoms with Crippen LogP contribution < -0.4 is 19.5 Å². The zero-order valence-corrected chi connectivity index (χ0v) is 16.0. The molecule has 1 N–H and O–H groups in total. The lowest BCUT2D eigenvalue weighted by atomic mass is 10.1. The molecule has 10 heteroatoms. The van der Waals surface area contributed by atoms with Crippen LogP contribution in [0.15, 0.2) is 48.5 Å². The Hall–Kier alpha value is -3.48. The van der Waals surface area contributed by atoms with Gasteiger partial charge >= 0.3 is 12.5 Å². The van der Waals surface area contributed by atoms with E-state index in [9.17, 15) is 27.6 Å². The number of methoxy groups -OCH3 is 1. The highest BCUT2D eigenvalue weighted by Crippen LogP contribution is 2.26. The molecule has 6 nitrogen and oxygen atoms in total. The average molecular weight is 426 g/mol. The molecule has 1 amide bonds. The molecule has 30 heavy (non-hydrogen) atoms. The number of rotatable bonds is 8. The first-order valence-corrected chi connectivity index (χ1v) is 8.54. The molecule has 0 saturated heterocycles. The number of nitriles is 1. The third-order valence-corrected chi connectivity index (χ3v) is 3.84. The van der Waals surface area contributed by atoms with Gasteiger partial charge < -0.3 is 19.5 Å². The van der Waals surface area contributed by atoms with Crippen molar-refractivity contribution in [1.82, 2.24) is 5.32 Å². The summed E-state index contributed by atoms with van der Waals surface area (Å²) in [4.78, 5) is 12.4. The molecule has 0 heterocycles. The maximum atomic E-state index is 12.9. The van der Waals surface area contributed by atoms with Gasteiger partial charge in [0.15, 0.2) is 5.54 Å². The standard InChI is InChI=1S/C20H18F4N2O4/c1-19(11-25,12-29-15-9-7-14(28-2)8-10-15)26-17(27)13-3-5-16(6-4-13)30-18(21)20(22,23)24/h3-10,18H,12H2,1-2H3,(H,26,27). The number of nitrogens with one attached hydrogen (secondary N) is 1. The van der Waals surface area contributed by atoms with Crippen LogP contribution in [0, 0.1) is 11.3 Å². The van der Waals surface area contributed by atoms with Crippen molar-refractivity contribution >= 4 is 5.91 Å². The molecule has 0 aliphatic heterocycles. The van der Waals surface area contributed by atoms with E-state index in [0.29, 0.717) is 11.5 Å². The van der Waals surface area contributed by atoms with Gasteiger partial charge in [-0.2, -0.15) is 22.8 Å². The van der Waals surface area contributed by atoms with Crippen molar-refractivity contribution in [2.75, 3.05) is 13.7 Å². The van der Waals surface area contributed by atoms with Crippen molar-refractivity contribution in [2.45, 2.75) is 25.0 Å². The van der Waals surface area contributed by atoms with Crippen molar-refractivity contribution in [2.24, 2.45) is 0 Å². The molecule has 160 valence electrons. The number of amides is 1. The van der Waals surface area contributed by atoms with E-state index < -0.39 is 29.7 Å². The highest BCUT2D eigenvalue weighted by atomic mass is 19.4. The second-order valence-electron chi connectivity index (χ2n) is 6.36.